The lowest BCUT2D eigenvalue weighted by atomic mass is 9.89. The van der Waals surface area contributed by atoms with Crippen molar-refractivity contribution in [2.24, 2.45) is 11.8 Å². The number of carbonyl (C=O) groups is 1. The highest BCUT2D eigenvalue weighted by atomic mass is 16.7. The first-order valence-electron chi connectivity index (χ1n) is 21.1. The lowest BCUT2D eigenvalue weighted by molar-refractivity contribution is -0.224. The summed E-state index contributed by atoms with van der Waals surface area (Å²) in [6.45, 7) is 27.5. The van der Waals surface area contributed by atoms with Crippen LogP contribution < -0.4 is 0 Å². The Bertz CT molecular complexity index is 1190. The van der Waals surface area contributed by atoms with Gasteiger partial charge in [-0.05, 0) is 101 Å². The molecule has 2 rings (SSSR count). The summed E-state index contributed by atoms with van der Waals surface area (Å²) in [6.07, 6.45) is 8.78. The summed E-state index contributed by atoms with van der Waals surface area (Å²) in [6, 6.07) is 0. The molecule has 1 fully saturated rings. The fourth-order valence-electron chi connectivity index (χ4n) is 7.40. The van der Waals surface area contributed by atoms with Crippen molar-refractivity contribution in [3.63, 3.8) is 0 Å². The molecule has 2 heterocycles. The molecule has 1 N–H and O–H groups in total. The van der Waals surface area contributed by atoms with Crippen molar-refractivity contribution >= 4 is 5.97 Å². The Morgan fingerprint density at radius 2 is 1.41 bits per heavy atom. The van der Waals surface area contributed by atoms with Gasteiger partial charge in [-0.15, -0.1) is 0 Å². The van der Waals surface area contributed by atoms with Gasteiger partial charge in [-0.3, -0.25) is 4.79 Å². The quantitative estimate of drug-likeness (QED) is 0.0699. The number of esters is 1. The number of aliphatic hydroxyl groups is 1. The normalized spacial score (nSPS) is 36.1. The molecule has 0 amide bonds. The average Bonchev–Trinajstić information content (AvgIpc) is 3.86. The van der Waals surface area contributed by atoms with Crippen LogP contribution in [0.1, 0.15) is 129 Å². The first-order valence-corrected chi connectivity index (χ1v) is 21.1. The average molecular weight is 799 g/mol. The Balaban J connectivity index is 2.49. The zero-order valence-electron chi connectivity index (χ0n) is 37.0. The second-order valence-electron chi connectivity index (χ2n) is 15.7. The van der Waals surface area contributed by atoms with E-state index in [1.807, 2.05) is 74.5 Å². The molecule has 2 aliphatic rings. The highest BCUT2D eigenvalue weighted by Gasteiger charge is 2.49. The summed E-state index contributed by atoms with van der Waals surface area (Å²) in [4.78, 5) is 13.4. The molecule has 0 aromatic heterocycles. The van der Waals surface area contributed by atoms with Crippen LogP contribution in [0.25, 0.3) is 0 Å². The van der Waals surface area contributed by atoms with E-state index in [0.717, 1.165) is 6.42 Å². The Labute approximate surface area is 338 Å². The van der Waals surface area contributed by atoms with E-state index in [2.05, 4.69) is 39.8 Å². The Morgan fingerprint density at radius 1 is 0.821 bits per heavy atom. The first kappa shape index (κ1) is 50.4. The number of ether oxygens (including phenoxy) is 10. The maximum atomic E-state index is 13.4. The summed E-state index contributed by atoms with van der Waals surface area (Å²) >= 11 is 0. The van der Waals surface area contributed by atoms with Crippen LogP contribution in [0.15, 0.2) is 36.0 Å². The second-order valence-corrected chi connectivity index (χ2v) is 15.7. The molecule has 0 aromatic carbocycles. The van der Waals surface area contributed by atoms with Crippen LogP contribution in [0.2, 0.25) is 0 Å². The van der Waals surface area contributed by atoms with Crippen LogP contribution in [0.4, 0.5) is 0 Å². The maximum absolute atomic E-state index is 13.4. The molecule has 13 atom stereocenters. The lowest BCUT2D eigenvalue weighted by Crippen LogP contribution is -2.45. The van der Waals surface area contributed by atoms with Gasteiger partial charge in [0.2, 0.25) is 0 Å². The summed E-state index contributed by atoms with van der Waals surface area (Å²) < 4.78 is 60.5. The number of rotatable bonds is 16. The number of epoxide rings is 1. The molecule has 0 aliphatic carbocycles. The minimum atomic E-state index is -1.05. The van der Waals surface area contributed by atoms with E-state index in [0.29, 0.717) is 52.1 Å². The predicted molar refractivity (Wildman–Crippen MR) is 217 cm³/mol. The Morgan fingerprint density at radius 3 is 2.04 bits per heavy atom. The number of hydrogen-bond acceptors (Lipinski definition) is 12. The molecule has 12 heteroatoms. The van der Waals surface area contributed by atoms with Gasteiger partial charge in [0.05, 0.1) is 48.6 Å². The van der Waals surface area contributed by atoms with Crippen molar-refractivity contribution < 1.29 is 57.3 Å². The van der Waals surface area contributed by atoms with Crippen LogP contribution >= 0.6 is 0 Å². The maximum Gasteiger partial charge on any atom is 0.308 e. The van der Waals surface area contributed by atoms with Crippen molar-refractivity contribution in [2.45, 2.75) is 195 Å². The van der Waals surface area contributed by atoms with Crippen molar-refractivity contribution in [1.29, 1.82) is 0 Å². The van der Waals surface area contributed by atoms with Crippen molar-refractivity contribution in [1.82, 2.24) is 0 Å². The highest BCUT2D eigenvalue weighted by Crippen LogP contribution is 2.40. The van der Waals surface area contributed by atoms with E-state index in [-0.39, 0.29) is 43.2 Å². The molecule has 0 spiro atoms. The van der Waals surface area contributed by atoms with Gasteiger partial charge in [-0.2, -0.15) is 0 Å². The predicted octanol–water partition coefficient (Wildman–Crippen LogP) is 8.19. The van der Waals surface area contributed by atoms with Crippen molar-refractivity contribution in [2.75, 3.05) is 33.0 Å². The first-order chi connectivity index (χ1) is 26.5. The molecule has 326 valence electrons. The molecule has 0 saturated carbocycles. The van der Waals surface area contributed by atoms with E-state index in [9.17, 15) is 9.90 Å². The van der Waals surface area contributed by atoms with Crippen LogP contribution in [-0.2, 0) is 52.2 Å². The molecule has 0 aromatic rings. The van der Waals surface area contributed by atoms with Crippen LogP contribution in [0.3, 0.4) is 0 Å². The van der Waals surface area contributed by atoms with Gasteiger partial charge in [-0.1, -0.05) is 49.8 Å². The lowest BCUT2D eigenvalue weighted by Gasteiger charge is -2.37. The van der Waals surface area contributed by atoms with Gasteiger partial charge >= 0.3 is 5.97 Å². The van der Waals surface area contributed by atoms with Gasteiger partial charge in [0.25, 0.3) is 0 Å². The highest BCUT2D eigenvalue weighted by molar-refractivity contribution is 5.69. The zero-order chi connectivity index (χ0) is 41.9. The SMILES string of the molecule is CCOC(C)OC1CCC(C)(OC(C)OCC)C(O)/C=C/C(C)C/C(C)=C/C=C/C(C)(OC(C)OCC)CC2OC2C(C)C(OC(C)OCC)CCOC(=O)C1. The number of aliphatic hydroxyl groups excluding tert-OH is 1. The molecule has 1 saturated heterocycles. The summed E-state index contributed by atoms with van der Waals surface area (Å²) in [5.74, 6) is -0.286. The molecular weight excluding hydrogens is 720 g/mol. The third-order valence-corrected chi connectivity index (χ3v) is 10.3. The molecule has 2 aliphatic heterocycles. The summed E-state index contributed by atoms with van der Waals surface area (Å²) in [5.41, 5.74) is -0.532. The number of cyclic esters (lactones) is 1. The van der Waals surface area contributed by atoms with Gasteiger partial charge in [0.1, 0.15) is 6.10 Å². The molecule has 13 unspecified atom stereocenters. The van der Waals surface area contributed by atoms with Crippen molar-refractivity contribution in [3.05, 3.63) is 36.0 Å². The molecule has 12 nitrogen and oxygen atoms in total. The van der Waals surface area contributed by atoms with E-state index in [1.54, 1.807) is 6.08 Å². The summed E-state index contributed by atoms with van der Waals surface area (Å²) in [5, 5.41) is 11.6. The fourth-order valence-corrected chi connectivity index (χ4v) is 7.40. The monoisotopic (exact) mass is 799 g/mol. The number of hydrogen-bond donors (Lipinski definition) is 1. The van der Waals surface area contributed by atoms with Gasteiger partial charge in [0, 0.05) is 45.2 Å². The largest absolute Gasteiger partial charge is 0.465 e. The van der Waals surface area contributed by atoms with E-state index < -0.39 is 54.5 Å². The van der Waals surface area contributed by atoms with E-state index in [1.165, 1.54) is 5.57 Å². The van der Waals surface area contributed by atoms with Crippen LogP contribution in [0, 0.1) is 11.8 Å². The topological polar surface area (TPSA) is 133 Å². The van der Waals surface area contributed by atoms with Crippen LogP contribution in [0.5, 0.6) is 0 Å². The van der Waals surface area contributed by atoms with Crippen LogP contribution in [-0.4, -0.2) is 111 Å². The molecule has 56 heavy (non-hydrogen) atoms. The molecule has 0 radical (unpaired) electrons. The standard InChI is InChI=1S/C44H78O12/c1-14-47-33(8)52-37-22-25-44(13,56-36(11)50-17-4)40(45)21-20-31(6)27-30(5)19-18-24-43(12,55-35(10)49-16-3)29-39-42(54-39)32(7)38(53-34(9)48-15-2)23-26-51-41(46)28-37/h18-21,24,31-40,42,45H,14-17,22-23,25-29H2,1-13H3/b21-20+,24-18+,30-19+. The fraction of sp³-hybridized carbons (Fsp3) is 0.841. The Hall–Kier alpha value is -1.71. The van der Waals surface area contributed by atoms with Gasteiger partial charge < -0.3 is 52.5 Å². The smallest absolute Gasteiger partial charge is 0.308 e. The van der Waals surface area contributed by atoms with Gasteiger partial charge in [-0.25, -0.2) is 0 Å². The Kier molecular flexibility index (Phi) is 23.1. The second kappa shape index (κ2) is 25.7. The number of fused-ring (bicyclic) bond motifs is 1. The molecular formula is C44H78O12. The minimum absolute atomic E-state index is 0.000404. The van der Waals surface area contributed by atoms with Gasteiger partial charge in [0.15, 0.2) is 25.2 Å². The third-order valence-electron chi connectivity index (χ3n) is 10.3. The number of carbonyl (C=O) groups excluding carboxylic acids is 1. The zero-order valence-corrected chi connectivity index (χ0v) is 37.0. The summed E-state index contributed by atoms with van der Waals surface area (Å²) in [7, 11) is 0. The number of allylic oxidation sites excluding steroid dienone is 4. The third kappa shape index (κ3) is 18.9. The molecule has 0 bridgehead atoms. The van der Waals surface area contributed by atoms with E-state index in [4.69, 9.17) is 47.4 Å². The van der Waals surface area contributed by atoms with Crippen molar-refractivity contribution in [3.8, 4) is 0 Å². The van der Waals surface area contributed by atoms with E-state index >= 15 is 0 Å². The minimum Gasteiger partial charge on any atom is -0.465 e.